The van der Waals surface area contributed by atoms with E-state index in [-0.39, 0.29) is 18.0 Å². The predicted octanol–water partition coefficient (Wildman–Crippen LogP) is 0.814. The van der Waals surface area contributed by atoms with Gasteiger partial charge in [-0.3, -0.25) is 4.79 Å². The highest BCUT2D eigenvalue weighted by Gasteiger charge is 2.24. The SMILES string of the molecule is CC1CNC(C(=O)NC(C)c2ccccc2)CN1. The van der Waals surface area contributed by atoms with E-state index in [1.807, 2.05) is 37.3 Å². The van der Waals surface area contributed by atoms with Gasteiger partial charge in [-0.05, 0) is 19.4 Å². The molecular weight excluding hydrogens is 226 g/mol. The number of hydrogen-bond donors (Lipinski definition) is 3. The van der Waals surface area contributed by atoms with Gasteiger partial charge >= 0.3 is 0 Å². The summed E-state index contributed by atoms with van der Waals surface area (Å²) >= 11 is 0. The molecule has 3 atom stereocenters. The Balaban J connectivity index is 1.87. The van der Waals surface area contributed by atoms with Gasteiger partial charge in [0.25, 0.3) is 0 Å². The molecule has 1 fully saturated rings. The smallest absolute Gasteiger partial charge is 0.238 e. The molecule has 0 bridgehead atoms. The number of piperazine rings is 1. The van der Waals surface area contributed by atoms with Crippen molar-refractivity contribution in [3.05, 3.63) is 35.9 Å². The van der Waals surface area contributed by atoms with Crippen molar-refractivity contribution in [3.63, 3.8) is 0 Å². The highest BCUT2D eigenvalue weighted by molar-refractivity contribution is 5.82. The Labute approximate surface area is 108 Å². The lowest BCUT2D eigenvalue weighted by Crippen LogP contribution is -2.59. The summed E-state index contributed by atoms with van der Waals surface area (Å²) in [5.41, 5.74) is 1.13. The molecule has 4 heteroatoms. The van der Waals surface area contributed by atoms with Gasteiger partial charge in [0.1, 0.15) is 0 Å². The minimum atomic E-state index is -0.132. The average molecular weight is 247 g/mol. The number of hydrogen-bond acceptors (Lipinski definition) is 3. The summed E-state index contributed by atoms with van der Waals surface area (Å²) in [6.45, 7) is 5.63. The molecule has 1 aliphatic rings. The van der Waals surface area contributed by atoms with E-state index < -0.39 is 0 Å². The molecule has 3 N–H and O–H groups in total. The fraction of sp³-hybridized carbons (Fsp3) is 0.500. The second kappa shape index (κ2) is 5.98. The number of rotatable bonds is 3. The number of amides is 1. The summed E-state index contributed by atoms with van der Waals surface area (Å²) in [7, 11) is 0. The summed E-state index contributed by atoms with van der Waals surface area (Å²) in [4.78, 5) is 12.1. The monoisotopic (exact) mass is 247 g/mol. The molecule has 1 aliphatic heterocycles. The molecule has 0 spiro atoms. The summed E-state index contributed by atoms with van der Waals surface area (Å²) in [5.74, 6) is 0.0609. The quantitative estimate of drug-likeness (QED) is 0.741. The van der Waals surface area contributed by atoms with Crippen molar-refractivity contribution >= 4 is 5.91 Å². The minimum absolute atomic E-state index is 0.0415. The molecule has 0 aromatic heterocycles. The van der Waals surface area contributed by atoms with Gasteiger partial charge in [-0.25, -0.2) is 0 Å². The number of carbonyl (C=O) groups is 1. The summed E-state index contributed by atoms with van der Waals surface area (Å²) in [6.07, 6.45) is 0. The van der Waals surface area contributed by atoms with E-state index in [0.717, 1.165) is 12.1 Å². The van der Waals surface area contributed by atoms with Crippen LogP contribution in [0.3, 0.4) is 0 Å². The van der Waals surface area contributed by atoms with Crippen molar-refractivity contribution in [2.75, 3.05) is 13.1 Å². The summed E-state index contributed by atoms with van der Waals surface area (Å²) < 4.78 is 0. The number of benzene rings is 1. The van der Waals surface area contributed by atoms with Crippen molar-refractivity contribution in [2.24, 2.45) is 0 Å². The third-order valence-electron chi connectivity index (χ3n) is 3.32. The molecule has 2 rings (SSSR count). The molecule has 3 unspecified atom stereocenters. The average Bonchev–Trinajstić information content (AvgIpc) is 2.40. The van der Waals surface area contributed by atoms with Crippen molar-refractivity contribution in [2.45, 2.75) is 32.0 Å². The van der Waals surface area contributed by atoms with Crippen LogP contribution in [0, 0.1) is 0 Å². The van der Waals surface area contributed by atoms with E-state index in [4.69, 9.17) is 0 Å². The Morgan fingerprint density at radius 2 is 2.00 bits per heavy atom. The van der Waals surface area contributed by atoms with Gasteiger partial charge in [0.05, 0.1) is 12.1 Å². The second-order valence-corrected chi connectivity index (χ2v) is 4.91. The molecule has 98 valence electrons. The summed E-state index contributed by atoms with van der Waals surface area (Å²) in [6, 6.07) is 10.3. The normalized spacial score (nSPS) is 25.4. The topological polar surface area (TPSA) is 53.2 Å². The Hall–Kier alpha value is -1.39. The van der Waals surface area contributed by atoms with Crippen LogP contribution in [0.2, 0.25) is 0 Å². The van der Waals surface area contributed by atoms with Crippen LogP contribution in [0.4, 0.5) is 0 Å². The first-order chi connectivity index (χ1) is 8.66. The maximum atomic E-state index is 12.1. The lowest BCUT2D eigenvalue weighted by atomic mass is 10.1. The lowest BCUT2D eigenvalue weighted by Gasteiger charge is -2.29. The van der Waals surface area contributed by atoms with Crippen LogP contribution in [0.1, 0.15) is 25.5 Å². The Kier molecular flexibility index (Phi) is 4.33. The zero-order chi connectivity index (χ0) is 13.0. The van der Waals surface area contributed by atoms with E-state index in [1.165, 1.54) is 0 Å². The fourth-order valence-corrected chi connectivity index (χ4v) is 2.11. The van der Waals surface area contributed by atoms with E-state index in [1.54, 1.807) is 0 Å². The van der Waals surface area contributed by atoms with Crippen LogP contribution >= 0.6 is 0 Å². The van der Waals surface area contributed by atoms with Crippen molar-refractivity contribution in [1.82, 2.24) is 16.0 Å². The molecule has 1 aromatic rings. The second-order valence-electron chi connectivity index (χ2n) is 4.91. The zero-order valence-corrected chi connectivity index (χ0v) is 10.9. The van der Waals surface area contributed by atoms with Gasteiger partial charge in [0.15, 0.2) is 0 Å². The van der Waals surface area contributed by atoms with Crippen LogP contribution in [0.25, 0.3) is 0 Å². The molecular formula is C14H21N3O. The maximum absolute atomic E-state index is 12.1. The first-order valence-corrected chi connectivity index (χ1v) is 6.49. The Morgan fingerprint density at radius 3 is 2.61 bits per heavy atom. The highest BCUT2D eigenvalue weighted by atomic mass is 16.2. The molecule has 1 aromatic carbocycles. The van der Waals surface area contributed by atoms with Crippen LogP contribution < -0.4 is 16.0 Å². The van der Waals surface area contributed by atoms with E-state index in [2.05, 4.69) is 22.9 Å². The molecule has 1 amide bonds. The highest BCUT2D eigenvalue weighted by Crippen LogP contribution is 2.11. The van der Waals surface area contributed by atoms with Crippen LogP contribution in [-0.2, 0) is 4.79 Å². The number of nitrogens with one attached hydrogen (secondary N) is 3. The molecule has 18 heavy (non-hydrogen) atoms. The van der Waals surface area contributed by atoms with Crippen LogP contribution in [0.15, 0.2) is 30.3 Å². The van der Waals surface area contributed by atoms with Crippen molar-refractivity contribution in [3.8, 4) is 0 Å². The largest absolute Gasteiger partial charge is 0.348 e. The molecule has 1 heterocycles. The maximum Gasteiger partial charge on any atom is 0.238 e. The van der Waals surface area contributed by atoms with Gasteiger partial charge in [-0.2, -0.15) is 0 Å². The molecule has 0 radical (unpaired) electrons. The van der Waals surface area contributed by atoms with Gasteiger partial charge < -0.3 is 16.0 Å². The minimum Gasteiger partial charge on any atom is -0.348 e. The predicted molar refractivity (Wildman–Crippen MR) is 72.3 cm³/mol. The zero-order valence-electron chi connectivity index (χ0n) is 10.9. The molecule has 0 aliphatic carbocycles. The molecule has 1 saturated heterocycles. The fourth-order valence-electron chi connectivity index (χ4n) is 2.11. The van der Waals surface area contributed by atoms with Gasteiger partial charge in [0, 0.05) is 19.1 Å². The third-order valence-corrected chi connectivity index (χ3v) is 3.32. The van der Waals surface area contributed by atoms with Crippen LogP contribution in [0.5, 0.6) is 0 Å². The number of carbonyl (C=O) groups excluding carboxylic acids is 1. The van der Waals surface area contributed by atoms with Crippen molar-refractivity contribution in [1.29, 1.82) is 0 Å². The third kappa shape index (κ3) is 3.31. The van der Waals surface area contributed by atoms with E-state index in [0.29, 0.717) is 12.6 Å². The first kappa shape index (κ1) is 13.1. The van der Waals surface area contributed by atoms with E-state index >= 15 is 0 Å². The lowest BCUT2D eigenvalue weighted by molar-refractivity contribution is -0.124. The Bertz CT molecular complexity index is 385. The van der Waals surface area contributed by atoms with Gasteiger partial charge in [-0.1, -0.05) is 30.3 Å². The van der Waals surface area contributed by atoms with Crippen LogP contribution in [-0.4, -0.2) is 31.1 Å². The van der Waals surface area contributed by atoms with E-state index in [9.17, 15) is 4.79 Å². The summed E-state index contributed by atoms with van der Waals surface area (Å²) in [5, 5.41) is 9.59. The standard InChI is InChI=1S/C14H21N3O/c1-10-8-16-13(9-15-10)14(18)17-11(2)12-6-4-3-5-7-12/h3-7,10-11,13,15-16H,8-9H2,1-2H3,(H,17,18). The van der Waals surface area contributed by atoms with Gasteiger partial charge in [-0.15, -0.1) is 0 Å². The van der Waals surface area contributed by atoms with Gasteiger partial charge in [0.2, 0.25) is 5.91 Å². The van der Waals surface area contributed by atoms with Crippen molar-refractivity contribution < 1.29 is 4.79 Å². The Morgan fingerprint density at radius 1 is 1.28 bits per heavy atom. The molecule has 0 saturated carbocycles. The molecule has 4 nitrogen and oxygen atoms in total. The first-order valence-electron chi connectivity index (χ1n) is 6.49.